The number of fused-ring (bicyclic) bond motifs is 2. The highest BCUT2D eigenvalue weighted by Crippen LogP contribution is 2.55. The van der Waals surface area contributed by atoms with E-state index >= 15 is 0 Å². The van der Waals surface area contributed by atoms with Gasteiger partial charge in [-0.3, -0.25) is 24.2 Å². The van der Waals surface area contributed by atoms with E-state index in [4.69, 9.17) is 0 Å². The van der Waals surface area contributed by atoms with Gasteiger partial charge in [0, 0.05) is 16.9 Å². The third-order valence-electron chi connectivity index (χ3n) is 6.02. The Balaban J connectivity index is 1.54. The van der Waals surface area contributed by atoms with Gasteiger partial charge in [-0.05, 0) is 50.2 Å². The van der Waals surface area contributed by atoms with Gasteiger partial charge in [0.1, 0.15) is 12.4 Å². The van der Waals surface area contributed by atoms with Crippen molar-refractivity contribution < 1.29 is 18.8 Å². The molecule has 0 unspecified atom stereocenters. The molecular formula is C26H22FN3O3S. The van der Waals surface area contributed by atoms with Crippen molar-refractivity contribution >= 4 is 46.5 Å². The summed E-state index contributed by atoms with van der Waals surface area (Å²) in [6.07, 6.45) is 0. The first kappa shape index (κ1) is 22.2. The number of carbonyl (C=O) groups excluding carboxylic acids is 3. The molecule has 1 saturated heterocycles. The second-order valence-corrected chi connectivity index (χ2v) is 9.64. The molecule has 34 heavy (non-hydrogen) atoms. The van der Waals surface area contributed by atoms with Crippen LogP contribution in [0.15, 0.2) is 66.7 Å². The molecule has 2 aliphatic heterocycles. The lowest BCUT2D eigenvalue weighted by molar-refractivity contribution is -0.124. The molecule has 1 N–H and O–H groups in total. The number of nitrogens with zero attached hydrogens (tertiary/aromatic N) is 2. The number of aryl methyl sites for hydroxylation is 2. The Morgan fingerprint density at radius 2 is 1.76 bits per heavy atom. The van der Waals surface area contributed by atoms with Crippen molar-refractivity contribution in [3.8, 4) is 0 Å². The van der Waals surface area contributed by atoms with E-state index in [9.17, 15) is 18.8 Å². The lowest BCUT2D eigenvalue weighted by Gasteiger charge is -2.33. The third-order valence-corrected chi connectivity index (χ3v) is 7.40. The molecule has 3 amide bonds. The molecule has 3 aromatic carbocycles. The van der Waals surface area contributed by atoms with Crippen molar-refractivity contribution in [2.45, 2.75) is 18.7 Å². The van der Waals surface area contributed by atoms with Gasteiger partial charge in [-0.2, -0.15) is 0 Å². The zero-order valence-corrected chi connectivity index (χ0v) is 19.5. The second-order valence-electron chi connectivity index (χ2n) is 8.47. The van der Waals surface area contributed by atoms with Crippen LogP contribution in [0.4, 0.5) is 21.5 Å². The first-order valence-corrected chi connectivity index (χ1v) is 11.8. The first-order chi connectivity index (χ1) is 16.3. The summed E-state index contributed by atoms with van der Waals surface area (Å²) in [6.45, 7) is 3.65. The topological polar surface area (TPSA) is 69.7 Å². The monoisotopic (exact) mass is 475 g/mol. The summed E-state index contributed by atoms with van der Waals surface area (Å²) >= 11 is 1.20. The van der Waals surface area contributed by atoms with Gasteiger partial charge >= 0.3 is 0 Å². The van der Waals surface area contributed by atoms with Gasteiger partial charge in [0.15, 0.2) is 0 Å². The molecule has 0 radical (unpaired) electrons. The second kappa shape index (κ2) is 8.29. The van der Waals surface area contributed by atoms with Gasteiger partial charge in [-0.15, -0.1) is 11.8 Å². The molecule has 1 spiro atoms. The number of hydrogen-bond acceptors (Lipinski definition) is 4. The van der Waals surface area contributed by atoms with Gasteiger partial charge in [0.05, 0.1) is 11.4 Å². The quantitative estimate of drug-likeness (QED) is 0.609. The van der Waals surface area contributed by atoms with Crippen molar-refractivity contribution in [1.29, 1.82) is 0 Å². The molecule has 172 valence electrons. The molecule has 1 atom stereocenters. The zero-order chi connectivity index (χ0) is 24.0. The van der Waals surface area contributed by atoms with E-state index in [-0.39, 0.29) is 24.1 Å². The average molecular weight is 476 g/mol. The Kier molecular flexibility index (Phi) is 5.40. The minimum Gasteiger partial charge on any atom is -0.325 e. The zero-order valence-electron chi connectivity index (χ0n) is 18.7. The van der Waals surface area contributed by atoms with E-state index in [0.717, 1.165) is 11.1 Å². The van der Waals surface area contributed by atoms with E-state index in [2.05, 4.69) is 5.32 Å². The Morgan fingerprint density at radius 1 is 1.03 bits per heavy atom. The Labute approximate surface area is 200 Å². The maximum atomic E-state index is 14.1. The lowest BCUT2D eigenvalue weighted by Crippen LogP contribution is -2.51. The van der Waals surface area contributed by atoms with Crippen LogP contribution in [0.1, 0.15) is 16.7 Å². The largest absolute Gasteiger partial charge is 0.325 e. The Hall–Kier alpha value is -3.65. The van der Waals surface area contributed by atoms with Crippen LogP contribution < -0.4 is 15.1 Å². The van der Waals surface area contributed by atoms with E-state index < -0.39 is 16.6 Å². The van der Waals surface area contributed by atoms with E-state index in [1.807, 2.05) is 38.1 Å². The fourth-order valence-corrected chi connectivity index (χ4v) is 5.82. The van der Waals surface area contributed by atoms with Gasteiger partial charge in [-0.1, -0.05) is 41.5 Å². The lowest BCUT2D eigenvalue weighted by atomic mass is 10.0. The maximum Gasteiger partial charge on any atom is 0.269 e. The maximum absolute atomic E-state index is 14.1. The van der Waals surface area contributed by atoms with Gasteiger partial charge in [-0.25, -0.2) is 4.39 Å². The Bertz CT molecular complexity index is 1330. The van der Waals surface area contributed by atoms with Gasteiger partial charge in [0.25, 0.3) is 5.91 Å². The number of hydrogen-bond donors (Lipinski definition) is 1. The van der Waals surface area contributed by atoms with Crippen molar-refractivity contribution in [2.24, 2.45) is 0 Å². The number of nitrogens with one attached hydrogen (secondary N) is 1. The van der Waals surface area contributed by atoms with Crippen molar-refractivity contribution in [2.75, 3.05) is 27.4 Å². The molecule has 2 aliphatic rings. The number of carbonyl (C=O) groups is 3. The fraction of sp³-hybridized carbons (Fsp3) is 0.192. The summed E-state index contributed by atoms with van der Waals surface area (Å²) in [5, 5.41) is 2.83. The average Bonchev–Trinajstić information content (AvgIpc) is 3.26. The SMILES string of the molecule is Cc1ccc(NC(=O)CN2C(=O)[C@@]3(SCC(=O)N3c3cccc(F)c3)c3cc(C)ccc32)cc1. The predicted octanol–water partition coefficient (Wildman–Crippen LogP) is 4.36. The summed E-state index contributed by atoms with van der Waals surface area (Å²) in [7, 11) is 0. The number of halogens is 1. The van der Waals surface area contributed by atoms with Crippen LogP contribution in [0.5, 0.6) is 0 Å². The molecule has 2 heterocycles. The molecule has 0 bridgehead atoms. The van der Waals surface area contributed by atoms with Crippen LogP contribution in [0.2, 0.25) is 0 Å². The van der Waals surface area contributed by atoms with Crippen LogP contribution in [0.25, 0.3) is 0 Å². The molecule has 8 heteroatoms. The van der Waals surface area contributed by atoms with Gasteiger partial charge in [0.2, 0.25) is 16.7 Å². The molecule has 1 fully saturated rings. The highest BCUT2D eigenvalue weighted by Gasteiger charge is 2.61. The van der Waals surface area contributed by atoms with Crippen LogP contribution in [-0.2, 0) is 19.3 Å². The minimum atomic E-state index is -1.39. The summed E-state index contributed by atoms with van der Waals surface area (Å²) in [6, 6.07) is 18.6. The van der Waals surface area contributed by atoms with Crippen LogP contribution >= 0.6 is 11.8 Å². The Morgan fingerprint density at radius 3 is 2.50 bits per heavy atom. The van der Waals surface area contributed by atoms with Gasteiger partial charge < -0.3 is 5.32 Å². The number of rotatable bonds is 4. The summed E-state index contributed by atoms with van der Waals surface area (Å²) in [5.74, 6) is -1.47. The van der Waals surface area contributed by atoms with Crippen molar-refractivity contribution in [3.05, 3.63) is 89.2 Å². The molecule has 0 aromatic heterocycles. The van der Waals surface area contributed by atoms with Crippen molar-refractivity contribution in [3.63, 3.8) is 0 Å². The summed E-state index contributed by atoms with van der Waals surface area (Å²) in [4.78, 5) is 41.3. The van der Waals surface area contributed by atoms with Crippen LogP contribution in [0, 0.1) is 19.7 Å². The minimum absolute atomic E-state index is 0.0685. The molecule has 0 saturated carbocycles. The highest BCUT2D eigenvalue weighted by molar-refractivity contribution is 8.02. The van der Waals surface area contributed by atoms with E-state index in [1.165, 1.54) is 39.8 Å². The number of anilines is 3. The summed E-state index contributed by atoms with van der Waals surface area (Å²) in [5.41, 5.74) is 4.11. The fourth-order valence-electron chi connectivity index (χ4n) is 4.47. The number of benzene rings is 3. The van der Waals surface area contributed by atoms with Crippen molar-refractivity contribution in [1.82, 2.24) is 0 Å². The summed E-state index contributed by atoms with van der Waals surface area (Å²) < 4.78 is 14.1. The van der Waals surface area contributed by atoms with Crippen LogP contribution in [0.3, 0.4) is 0 Å². The predicted molar refractivity (Wildman–Crippen MR) is 131 cm³/mol. The standard InChI is InChI=1S/C26H22FN3O3S/c1-16-6-9-19(10-7-16)28-23(31)14-29-22-11-8-17(2)12-21(22)26(25(29)33)30(24(32)15-34-26)20-5-3-4-18(27)13-20/h3-13H,14-15H2,1-2H3,(H,28,31)/t26-/m0/s1. The molecular weight excluding hydrogens is 453 g/mol. The third kappa shape index (κ3) is 3.54. The highest BCUT2D eigenvalue weighted by atomic mass is 32.2. The van der Waals surface area contributed by atoms with Crippen LogP contribution in [-0.4, -0.2) is 30.0 Å². The molecule has 3 aromatic rings. The molecule has 6 nitrogen and oxygen atoms in total. The van der Waals surface area contributed by atoms with E-state index in [0.29, 0.717) is 22.6 Å². The normalized spacial score (nSPS) is 19.1. The smallest absolute Gasteiger partial charge is 0.269 e. The van der Waals surface area contributed by atoms with E-state index in [1.54, 1.807) is 24.3 Å². The molecule has 5 rings (SSSR count). The number of thioether (sulfide) groups is 1. The number of amides is 3. The first-order valence-electron chi connectivity index (χ1n) is 10.8. The molecule has 0 aliphatic carbocycles.